The SMILES string of the molecule is COc1ccc(C(=O)N2CCN(C(=O)CCC(C)C)CC2)c(OC)c1. The van der Waals surface area contributed by atoms with Crippen molar-refractivity contribution in [3.8, 4) is 11.5 Å². The van der Waals surface area contributed by atoms with E-state index in [2.05, 4.69) is 13.8 Å². The molecule has 0 bridgehead atoms. The zero-order chi connectivity index (χ0) is 18.4. The quantitative estimate of drug-likeness (QED) is 0.792. The predicted octanol–water partition coefficient (Wildman–Crippen LogP) is 2.42. The molecule has 0 spiro atoms. The molecule has 25 heavy (non-hydrogen) atoms. The Bertz CT molecular complexity index is 607. The van der Waals surface area contributed by atoms with Crippen molar-refractivity contribution >= 4 is 11.8 Å². The molecule has 6 heteroatoms. The largest absolute Gasteiger partial charge is 0.497 e. The second kappa shape index (κ2) is 8.74. The first kappa shape index (κ1) is 19.1. The number of hydrogen-bond donors (Lipinski definition) is 0. The fourth-order valence-electron chi connectivity index (χ4n) is 2.87. The van der Waals surface area contributed by atoms with Gasteiger partial charge in [0.1, 0.15) is 11.5 Å². The third-order valence-corrected chi connectivity index (χ3v) is 4.49. The van der Waals surface area contributed by atoms with Crippen LogP contribution in [0, 0.1) is 5.92 Å². The van der Waals surface area contributed by atoms with Crippen molar-refractivity contribution < 1.29 is 19.1 Å². The summed E-state index contributed by atoms with van der Waals surface area (Å²) in [5.74, 6) is 1.78. The van der Waals surface area contributed by atoms with E-state index in [-0.39, 0.29) is 11.8 Å². The molecule has 0 radical (unpaired) electrons. The summed E-state index contributed by atoms with van der Waals surface area (Å²) in [4.78, 5) is 28.6. The molecule has 1 fully saturated rings. The number of piperazine rings is 1. The van der Waals surface area contributed by atoms with Crippen molar-refractivity contribution in [1.29, 1.82) is 0 Å². The molecule has 0 aromatic heterocycles. The Balaban J connectivity index is 1.96. The Hall–Kier alpha value is -2.24. The average Bonchev–Trinajstić information content (AvgIpc) is 2.65. The van der Waals surface area contributed by atoms with Gasteiger partial charge in [0.05, 0.1) is 19.8 Å². The molecule has 0 atom stereocenters. The maximum absolute atomic E-state index is 12.8. The zero-order valence-corrected chi connectivity index (χ0v) is 15.6. The van der Waals surface area contributed by atoms with Crippen molar-refractivity contribution in [2.24, 2.45) is 5.92 Å². The lowest BCUT2D eigenvalue weighted by Crippen LogP contribution is -2.50. The van der Waals surface area contributed by atoms with Crippen LogP contribution in [0.4, 0.5) is 0 Å². The summed E-state index contributed by atoms with van der Waals surface area (Å²) in [7, 11) is 3.11. The Labute approximate surface area is 149 Å². The van der Waals surface area contributed by atoms with Gasteiger partial charge in [-0.05, 0) is 24.5 Å². The first-order valence-corrected chi connectivity index (χ1v) is 8.75. The highest BCUT2D eigenvalue weighted by Gasteiger charge is 2.26. The van der Waals surface area contributed by atoms with Crippen LogP contribution in [0.1, 0.15) is 37.0 Å². The van der Waals surface area contributed by atoms with Gasteiger partial charge >= 0.3 is 0 Å². The number of benzene rings is 1. The highest BCUT2D eigenvalue weighted by molar-refractivity contribution is 5.97. The van der Waals surface area contributed by atoms with Gasteiger partial charge in [0.2, 0.25) is 5.91 Å². The maximum atomic E-state index is 12.8. The third kappa shape index (κ3) is 4.87. The van der Waals surface area contributed by atoms with Crippen LogP contribution in [0.25, 0.3) is 0 Å². The van der Waals surface area contributed by atoms with Gasteiger partial charge in [-0.3, -0.25) is 9.59 Å². The first-order chi connectivity index (χ1) is 12.0. The Kier molecular flexibility index (Phi) is 6.67. The molecule has 1 aliphatic heterocycles. The second-order valence-electron chi connectivity index (χ2n) is 6.67. The zero-order valence-electron chi connectivity index (χ0n) is 15.6. The fourth-order valence-corrected chi connectivity index (χ4v) is 2.87. The number of hydrogen-bond acceptors (Lipinski definition) is 4. The van der Waals surface area contributed by atoms with E-state index in [1.807, 2.05) is 4.90 Å². The topological polar surface area (TPSA) is 59.1 Å². The average molecular weight is 348 g/mol. The molecular formula is C19H28N2O4. The Morgan fingerprint density at radius 3 is 2.24 bits per heavy atom. The summed E-state index contributed by atoms with van der Waals surface area (Å²) in [5, 5.41) is 0. The minimum Gasteiger partial charge on any atom is -0.497 e. The highest BCUT2D eigenvalue weighted by atomic mass is 16.5. The van der Waals surface area contributed by atoms with E-state index in [1.165, 1.54) is 7.11 Å². The lowest BCUT2D eigenvalue weighted by Gasteiger charge is -2.35. The predicted molar refractivity (Wildman–Crippen MR) is 96.1 cm³/mol. The minimum atomic E-state index is -0.0752. The van der Waals surface area contributed by atoms with E-state index < -0.39 is 0 Å². The molecule has 138 valence electrons. The van der Waals surface area contributed by atoms with Crippen LogP contribution < -0.4 is 9.47 Å². The van der Waals surface area contributed by atoms with Crippen molar-refractivity contribution in [1.82, 2.24) is 9.80 Å². The van der Waals surface area contributed by atoms with Crippen molar-refractivity contribution in [2.75, 3.05) is 40.4 Å². The summed E-state index contributed by atoms with van der Waals surface area (Å²) in [6.07, 6.45) is 1.49. The minimum absolute atomic E-state index is 0.0752. The van der Waals surface area contributed by atoms with Gasteiger partial charge in [0.25, 0.3) is 5.91 Å². The maximum Gasteiger partial charge on any atom is 0.257 e. The van der Waals surface area contributed by atoms with Crippen LogP contribution in [0.15, 0.2) is 18.2 Å². The van der Waals surface area contributed by atoms with E-state index >= 15 is 0 Å². The summed E-state index contributed by atoms with van der Waals surface area (Å²) in [6, 6.07) is 5.18. The second-order valence-corrected chi connectivity index (χ2v) is 6.67. The Morgan fingerprint density at radius 2 is 1.68 bits per heavy atom. The number of amides is 2. The van der Waals surface area contributed by atoms with Gasteiger partial charge in [-0.25, -0.2) is 0 Å². The molecule has 1 saturated heterocycles. The van der Waals surface area contributed by atoms with E-state index in [4.69, 9.17) is 9.47 Å². The van der Waals surface area contributed by atoms with Gasteiger partial charge in [-0.2, -0.15) is 0 Å². The van der Waals surface area contributed by atoms with Crippen LogP contribution in [0.3, 0.4) is 0 Å². The number of rotatable bonds is 6. The molecule has 2 rings (SSSR count). The van der Waals surface area contributed by atoms with Crippen LogP contribution >= 0.6 is 0 Å². The van der Waals surface area contributed by atoms with Crippen molar-refractivity contribution in [3.05, 3.63) is 23.8 Å². The normalized spacial score (nSPS) is 14.6. The lowest BCUT2D eigenvalue weighted by atomic mass is 10.1. The summed E-state index contributed by atoms with van der Waals surface area (Å²) >= 11 is 0. The molecular weight excluding hydrogens is 320 g/mol. The smallest absolute Gasteiger partial charge is 0.257 e. The molecule has 0 aliphatic carbocycles. The lowest BCUT2D eigenvalue weighted by molar-refractivity contribution is -0.132. The standard InChI is InChI=1S/C19H28N2O4/c1-14(2)5-8-18(22)20-9-11-21(12-10-20)19(23)16-7-6-15(24-3)13-17(16)25-4/h6-7,13-14H,5,8-12H2,1-4H3. The van der Waals surface area contributed by atoms with Crippen LogP contribution in [0.2, 0.25) is 0 Å². The van der Waals surface area contributed by atoms with Crippen LogP contribution in [0.5, 0.6) is 11.5 Å². The molecule has 1 aromatic rings. The summed E-state index contributed by atoms with van der Waals surface area (Å²) in [5.41, 5.74) is 0.517. The molecule has 0 saturated carbocycles. The molecule has 1 heterocycles. The number of methoxy groups -OCH3 is 2. The number of carbonyl (C=O) groups is 2. The molecule has 0 N–H and O–H groups in total. The van der Waals surface area contributed by atoms with Gasteiger partial charge < -0.3 is 19.3 Å². The van der Waals surface area contributed by atoms with Gasteiger partial charge in [-0.1, -0.05) is 13.8 Å². The van der Waals surface area contributed by atoms with Crippen molar-refractivity contribution in [2.45, 2.75) is 26.7 Å². The fraction of sp³-hybridized carbons (Fsp3) is 0.579. The molecule has 0 unspecified atom stereocenters. The summed E-state index contributed by atoms with van der Waals surface area (Å²) in [6.45, 7) is 6.49. The number of ether oxygens (including phenoxy) is 2. The Morgan fingerprint density at radius 1 is 1.04 bits per heavy atom. The van der Waals surface area contributed by atoms with Crippen LogP contribution in [-0.4, -0.2) is 62.0 Å². The molecule has 6 nitrogen and oxygen atoms in total. The van der Waals surface area contributed by atoms with E-state index in [0.717, 1.165) is 6.42 Å². The monoisotopic (exact) mass is 348 g/mol. The van der Waals surface area contributed by atoms with E-state index in [9.17, 15) is 9.59 Å². The molecule has 1 aromatic carbocycles. The van der Waals surface area contributed by atoms with Gasteiger partial charge in [0.15, 0.2) is 0 Å². The van der Waals surface area contributed by atoms with E-state index in [1.54, 1.807) is 30.2 Å². The molecule has 2 amide bonds. The molecule has 1 aliphatic rings. The van der Waals surface area contributed by atoms with Gasteiger partial charge in [-0.15, -0.1) is 0 Å². The summed E-state index contributed by atoms with van der Waals surface area (Å²) < 4.78 is 10.5. The third-order valence-electron chi connectivity index (χ3n) is 4.49. The number of carbonyl (C=O) groups excluding carboxylic acids is 2. The highest BCUT2D eigenvalue weighted by Crippen LogP contribution is 2.26. The first-order valence-electron chi connectivity index (χ1n) is 8.75. The van der Waals surface area contributed by atoms with Crippen molar-refractivity contribution in [3.63, 3.8) is 0 Å². The van der Waals surface area contributed by atoms with Gasteiger partial charge in [0, 0.05) is 38.7 Å². The van der Waals surface area contributed by atoms with Crippen LogP contribution in [-0.2, 0) is 4.79 Å². The number of nitrogens with zero attached hydrogens (tertiary/aromatic N) is 2. The van der Waals surface area contributed by atoms with E-state index in [0.29, 0.717) is 55.6 Å².